The third-order valence-corrected chi connectivity index (χ3v) is 4.90. The highest BCUT2D eigenvalue weighted by Crippen LogP contribution is 2.29. The van der Waals surface area contributed by atoms with Crippen LogP contribution in [0.15, 0.2) is 0 Å². The second kappa shape index (κ2) is 5.67. The van der Waals surface area contributed by atoms with Gasteiger partial charge in [-0.15, -0.1) is 0 Å². The summed E-state index contributed by atoms with van der Waals surface area (Å²) in [4.78, 5) is 16.0. The molecule has 2 saturated carbocycles. The van der Waals surface area contributed by atoms with Crippen LogP contribution >= 0.6 is 0 Å². The lowest BCUT2D eigenvalue weighted by atomic mass is 9.89. The van der Waals surface area contributed by atoms with Crippen molar-refractivity contribution in [1.82, 2.24) is 15.1 Å². The highest BCUT2D eigenvalue weighted by molar-refractivity contribution is 5.64. The minimum absolute atomic E-state index is 0.165. The largest absolute Gasteiger partial charge is 0.465 e. The summed E-state index contributed by atoms with van der Waals surface area (Å²) in [5.41, 5.74) is 0. The van der Waals surface area contributed by atoms with Crippen LogP contribution in [0.4, 0.5) is 4.79 Å². The predicted molar refractivity (Wildman–Crippen MR) is 73.4 cm³/mol. The maximum atomic E-state index is 10.7. The van der Waals surface area contributed by atoms with Crippen LogP contribution < -0.4 is 5.32 Å². The van der Waals surface area contributed by atoms with Gasteiger partial charge in [-0.2, -0.15) is 0 Å². The van der Waals surface area contributed by atoms with E-state index in [9.17, 15) is 4.79 Å². The summed E-state index contributed by atoms with van der Waals surface area (Å²) >= 11 is 0. The molecular formula is C14H25N3O2. The summed E-state index contributed by atoms with van der Waals surface area (Å²) in [5, 5.41) is 11.5. The lowest BCUT2D eigenvalue weighted by Crippen LogP contribution is -2.53. The third kappa shape index (κ3) is 3.39. The van der Waals surface area contributed by atoms with E-state index in [0.29, 0.717) is 6.04 Å². The van der Waals surface area contributed by atoms with Gasteiger partial charge in [0.05, 0.1) is 0 Å². The Morgan fingerprint density at radius 1 is 0.947 bits per heavy atom. The standard InChI is InChI=1S/C14H25N3O2/c18-14(19)15-11-2-1-3-13(10-11)17-8-6-16(7-9-17)12-4-5-12/h11-13,15H,1-10H2,(H,18,19). The number of nitrogens with zero attached hydrogens (tertiary/aromatic N) is 2. The number of nitrogens with one attached hydrogen (secondary N) is 1. The maximum absolute atomic E-state index is 10.7. The molecule has 1 amide bonds. The molecule has 3 aliphatic rings. The lowest BCUT2D eigenvalue weighted by molar-refractivity contribution is 0.0682. The summed E-state index contributed by atoms with van der Waals surface area (Å²) in [5.74, 6) is 0. The number of amides is 1. The van der Waals surface area contributed by atoms with Crippen LogP contribution in [0, 0.1) is 0 Å². The molecule has 1 aliphatic heterocycles. The average molecular weight is 267 g/mol. The van der Waals surface area contributed by atoms with Crippen LogP contribution in [0.2, 0.25) is 0 Å². The third-order valence-electron chi connectivity index (χ3n) is 4.90. The van der Waals surface area contributed by atoms with Crippen molar-refractivity contribution in [3.63, 3.8) is 0 Å². The molecule has 5 heteroatoms. The van der Waals surface area contributed by atoms with Crippen LogP contribution in [0.1, 0.15) is 38.5 Å². The molecule has 0 spiro atoms. The molecule has 0 bridgehead atoms. The Hall–Kier alpha value is -0.810. The molecule has 2 atom stereocenters. The molecule has 0 aromatic carbocycles. The van der Waals surface area contributed by atoms with Crippen LogP contribution in [0.5, 0.6) is 0 Å². The van der Waals surface area contributed by atoms with Crippen molar-refractivity contribution in [2.24, 2.45) is 0 Å². The number of carbonyl (C=O) groups is 1. The zero-order chi connectivity index (χ0) is 13.2. The average Bonchev–Trinajstić information content (AvgIpc) is 3.23. The highest BCUT2D eigenvalue weighted by atomic mass is 16.4. The van der Waals surface area contributed by atoms with Gasteiger partial charge in [-0.3, -0.25) is 9.80 Å². The smallest absolute Gasteiger partial charge is 0.404 e. The fourth-order valence-electron chi connectivity index (χ4n) is 3.71. The highest BCUT2D eigenvalue weighted by Gasteiger charge is 2.34. The minimum Gasteiger partial charge on any atom is -0.465 e. The van der Waals surface area contributed by atoms with Crippen molar-refractivity contribution in [3.8, 4) is 0 Å². The number of carboxylic acid groups (broad SMARTS) is 1. The van der Waals surface area contributed by atoms with Gasteiger partial charge in [-0.1, -0.05) is 0 Å². The molecule has 2 unspecified atom stereocenters. The van der Waals surface area contributed by atoms with Gasteiger partial charge in [0.25, 0.3) is 0 Å². The quantitative estimate of drug-likeness (QED) is 0.810. The Balaban J connectivity index is 1.47. The predicted octanol–water partition coefficient (Wildman–Crippen LogP) is 1.35. The number of hydrogen-bond donors (Lipinski definition) is 2. The number of hydrogen-bond acceptors (Lipinski definition) is 3. The van der Waals surface area contributed by atoms with Gasteiger partial charge in [0.15, 0.2) is 0 Å². The molecule has 2 aliphatic carbocycles. The van der Waals surface area contributed by atoms with E-state index < -0.39 is 6.09 Å². The van der Waals surface area contributed by atoms with Crippen molar-refractivity contribution in [2.45, 2.75) is 56.7 Å². The fourth-order valence-corrected chi connectivity index (χ4v) is 3.71. The maximum Gasteiger partial charge on any atom is 0.404 e. The molecule has 0 aromatic rings. The fraction of sp³-hybridized carbons (Fsp3) is 0.929. The molecule has 1 saturated heterocycles. The van der Waals surface area contributed by atoms with Crippen LogP contribution in [0.25, 0.3) is 0 Å². The molecule has 5 nitrogen and oxygen atoms in total. The minimum atomic E-state index is -0.871. The Morgan fingerprint density at radius 2 is 1.58 bits per heavy atom. The van der Waals surface area contributed by atoms with Crippen molar-refractivity contribution >= 4 is 6.09 Å². The van der Waals surface area contributed by atoms with Crippen LogP contribution in [-0.2, 0) is 0 Å². The molecule has 1 heterocycles. The monoisotopic (exact) mass is 267 g/mol. The van der Waals surface area contributed by atoms with Crippen molar-refractivity contribution < 1.29 is 9.90 Å². The number of rotatable bonds is 3. The van der Waals surface area contributed by atoms with E-state index in [1.165, 1.54) is 45.4 Å². The van der Waals surface area contributed by atoms with Crippen LogP contribution in [-0.4, -0.2) is 65.3 Å². The topological polar surface area (TPSA) is 55.8 Å². The molecular weight excluding hydrogens is 242 g/mol. The van der Waals surface area contributed by atoms with E-state index in [1.807, 2.05) is 0 Å². The summed E-state index contributed by atoms with van der Waals surface area (Å²) < 4.78 is 0. The van der Waals surface area contributed by atoms with Gasteiger partial charge in [0, 0.05) is 44.3 Å². The zero-order valence-corrected chi connectivity index (χ0v) is 11.6. The van der Waals surface area contributed by atoms with Gasteiger partial charge < -0.3 is 10.4 Å². The van der Waals surface area contributed by atoms with Crippen LogP contribution in [0.3, 0.4) is 0 Å². The molecule has 3 rings (SSSR count). The van der Waals surface area contributed by atoms with Gasteiger partial charge in [0.2, 0.25) is 0 Å². The van der Waals surface area contributed by atoms with E-state index in [0.717, 1.165) is 25.3 Å². The summed E-state index contributed by atoms with van der Waals surface area (Å²) in [6, 6.07) is 1.64. The van der Waals surface area contributed by atoms with Gasteiger partial charge in [-0.25, -0.2) is 4.79 Å². The van der Waals surface area contributed by atoms with E-state index in [-0.39, 0.29) is 6.04 Å². The normalized spacial score (nSPS) is 34.1. The first-order valence-corrected chi connectivity index (χ1v) is 7.70. The van der Waals surface area contributed by atoms with E-state index in [1.54, 1.807) is 0 Å². The molecule has 0 aromatic heterocycles. The Labute approximate surface area is 114 Å². The lowest BCUT2D eigenvalue weighted by Gasteiger charge is -2.42. The van der Waals surface area contributed by atoms with Crippen molar-refractivity contribution in [2.75, 3.05) is 26.2 Å². The van der Waals surface area contributed by atoms with Gasteiger partial charge in [0.1, 0.15) is 0 Å². The summed E-state index contributed by atoms with van der Waals surface area (Å²) in [7, 11) is 0. The van der Waals surface area contributed by atoms with E-state index in [4.69, 9.17) is 5.11 Å². The zero-order valence-electron chi connectivity index (χ0n) is 11.6. The number of piperazine rings is 1. The molecule has 19 heavy (non-hydrogen) atoms. The first-order valence-electron chi connectivity index (χ1n) is 7.70. The Kier molecular flexibility index (Phi) is 3.93. The SMILES string of the molecule is O=C(O)NC1CCCC(N2CCN(C3CC3)CC2)C1. The second-order valence-electron chi connectivity index (χ2n) is 6.27. The van der Waals surface area contributed by atoms with E-state index in [2.05, 4.69) is 15.1 Å². The molecule has 108 valence electrons. The first kappa shape index (κ1) is 13.2. The second-order valence-corrected chi connectivity index (χ2v) is 6.27. The summed E-state index contributed by atoms with van der Waals surface area (Å²) in [6.07, 6.45) is 6.31. The molecule has 3 fully saturated rings. The van der Waals surface area contributed by atoms with Gasteiger partial charge in [-0.05, 0) is 38.5 Å². The first-order chi connectivity index (χ1) is 9.22. The van der Waals surface area contributed by atoms with E-state index >= 15 is 0 Å². The molecule has 0 radical (unpaired) electrons. The summed E-state index contributed by atoms with van der Waals surface area (Å²) in [6.45, 7) is 4.75. The van der Waals surface area contributed by atoms with Crippen molar-refractivity contribution in [1.29, 1.82) is 0 Å². The molecule has 2 N–H and O–H groups in total. The van der Waals surface area contributed by atoms with Crippen molar-refractivity contribution in [3.05, 3.63) is 0 Å². The van der Waals surface area contributed by atoms with Gasteiger partial charge >= 0.3 is 6.09 Å². The Bertz CT molecular complexity index is 325. The Morgan fingerprint density at radius 3 is 2.16 bits per heavy atom.